The molecule has 5 rings (SSSR count). The fourth-order valence-electron chi connectivity index (χ4n) is 4.45. The van der Waals surface area contributed by atoms with Crippen LogP contribution in [0, 0.1) is 6.92 Å². The highest BCUT2D eigenvalue weighted by Gasteiger charge is 2.32. The van der Waals surface area contributed by atoms with Gasteiger partial charge >= 0.3 is 12.2 Å². The van der Waals surface area contributed by atoms with Crippen LogP contribution >= 0.6 is 11.8 Å². The molecule has 1 fully saturated rings. The van der Waals surface area contributed by atoms with E-state index in [1.165, 1.54) is 39.8 Å². The number of amidine groups is 1. The Morgan fingerprint density at radius 2 is 1.79 bits per heavy atom. The molecule has 3 aromatic carbocycles. The molecule has 42 heavy (non-hydrogen) atoms. The van der Waals surface area contributed by atoms with Crippen LogP contribution in [0.15, 0.2) is 78.0 Å². The molecule has 1 saturated heterocycles. The molecule has 0 radical (unpaired) electrons. The fourth-order valence-corrected chi connectivity index (χ4v) is 5.31. The third kappa shape index (κ3) is 6.54. The molecular weight excluding hydrogens is 565 g/mol. The standard InChI is InChI=1S/C30H27F3N6O2S/c1-18(2)24-13-4-19(3)14-25(24)39-26(40)16-42-29(39)36-28(41)35-23-11-7-21(8-12-23)27-34-17-38(37-27)15-20-5-9-22(10-6-20)30(31,32)33/h4-14,17-18H,15-16H2,1-3H3,(H,35,41). The number of carbonyl (C=O) groups is 2. The molecule has 0 atom stereocenters. The van der Waals surface area contributed by atoms with Crippen LogP contribution < -0.4 is 10.2 Å². The van der Waals surface area contributed by atoms with Crippen molar-refractivity contribution in [2.24, 2.45) is 4.99 Å². The number of urea groups is 1. The van der Waals surface area contributed by atoms with E-state index >= 15 is 0 Å². The first-order valence-corrected chi connectivity index (χ1v) is 14.1. The van der Waals surface area contributed by atoms with Gasteiger partial charge in [-0.2, -0.15) is 23.3 Å². The van der Waals surface area contributed by atoms with Gasteiger partial charge in [0, 0.05) is 11.3 Å². The number of aryl methyl sites for hydroxylation is 1. The Bertz CT molecular complexity index is 1650. The molecule has 1 aromatic heterocycles. The lowest BCUT2D eigenvalue weighted by Gasteiger charge is -2.22. The molecule has 0 unspecified atom stereocenters. The molecule has 4 aromatic rings. The number of anilines is 2. The van der Waals surface area contributed by atoms with E-state index in [0.717, 1.165) is 28.9 Å². The van der Waals surface area contributed by atoms with Crippen molar-refractivity contribution in [3.05, 3.63) is 95.3 Å². The summed E-state index contributed by atoms with van der Waals surface area (Å²) in [5.41, 5.74) is 3.87. The van der Waals surface area contributed by atoms with Crippen LogP contribution in [0.2, 0.25) is 0 Å². The number of nitrogens with zero attached hydrogens (tertiary/aromatic N) is 5. The van der Waals surface area contributed by atoms with E-state index in [9.17, 15) is 22.8 Å². The summed E-state index contributed by atoms with van der Waals surface area (Å²) in [4.78, 5) is 35.6. The van der Waals surface area contributed by atoms with E-state index in [1.54, 1.807) is 24.3 Å². The van der Waals surface area contributed by atoms with Gasteiger partial charge in [0.2, 0.25) is 5.91 Å². The van der Waals surface area contributed by atoms with E-state index in [-0.39, 0.29) is 24.1 Å². The van der Waals surface area contributed by atoms with Crippen molar-refractivity contribution in [2.45, 2.75) is 39.4 Å². The highest BCUT2D eigenvalue weighted by molar-refractivity contribution is 8.15. The minimum absolute atomic E-state index is 0.131. The zero-order valence-electron chi connectivity index (χ0n) is 23.0. The normalized spacial score (nSPS) is 14.7. The first-order chi connectivity index (χ1) is 20.0. The van der Waals surface area contributed by atoms with Crippen LogP contribution in [0.4, 0.5) is 29.3 Å². The maximum absolute atomic E-state index is 12.8. The smallest absolute Gasteiger partial charge is 0.306 e. The van der Waals surface area contributed by atoms with Crippen molar-refractivity contribution in [2.75, 3.05) is 16.0 Å². The molecule has 216 valence electrons. The van der Waals surface area contributed by atoms with Crippen molar-refractivity contribution in [1.82, 2.24) is 14.8 Å². The SMILES string of the molecule is Cc1ccc(C(C)C)c(N2C(=O)CSC2=NC(=O)Nc2ccc(-c3ncn(Cc4ccc(C(F)(F)F)cc4)n3)cc2)c1. The molecular formula is C30H27F3N6O2S. The van der Waals surface area contributed by atoms with Gasteiger partial charge in [-0.1, -0.05) is 49.9 Å². The summed E-state index contributed by atoms with van der Waals surface area (Å²) in [6, 6.07) is 17.1. The van der Waals surface area contributed by atoms with E-state index in [1.807, 2.05) is 39.0 Å². The number of benzene rings is 3. The van der Waals surface area contributed by atoms with Crippen LogP contribution in [-0.2, 0) is 17.5 Å². The Morgan fingerprint density at radius 1 is 1.07 bits per heavy atom. The Morgan fingerprint density at radius 3 is 2.45 bits per heavy atom. The molecule has 0 saturated carbocycles. The number of aliphatic imine (C=N–C) groups is 1. The Labute approximate surface area is 244 Å². The molecule has 0 aliphatic carbocycles. The van der Waals surface area contributed by atoms with Crippen molar-refractivity contribution < 1.29 is 22.8 Å². The van der Waals surface area contributed by atoms with Gasteiger partial charge in [0.15, 0.2) is 11.0 Å². The topological polar surface area (TPSA) is 92.5 Å². The Kier molecular flexibility index (Phi) is 8.17. The first kappa shape index (κ1) is 29.1. The van der Waals surface area contributed by atoms with Gasteiger partial charge in [0.25, 0.3) is 0 Å². The molecule has 8 nitrogen and oxygen atoms in total. The van der Waals surface area contributed by atoms with E-state index in [2.05, 4.69) is 20.4 Å². The number of aromatic nitrogens is 3. The van der Waals surface area contributed by atoms with Gasteiger partial charge in [0.05, 0.1) is 23.5 Å². The average molecular weight is 593 g/mol. The van der Waals surface area contributed by atoms with Gasteiger partial charge < -0.3 is 5.32 Å². The summed E-state index contributed by atoms with van der Waals surface area (Å²) in [6.07, 6.45) is -2.88. The maximum atomic E-state index is 12.8. The maximum Gasteiger partial charge on any atom is 0.416 e. The van der Waals surface area contributed by atoms with Crippen molar-refractivity contribution in [3.8, 4) is 11.4 Å². The number of alkyl halides is 3. The zero-order chi connectivity index (χ0) is 30.0. The van der Waals surface area contributed by atoms with E-state index in [4.69, 9.17) is 0 Å². The third-order valence-electron chi connectivity index (χ3n) is 6.57. The third-order valence-corrected chi connectivity index (χ3v) is 7.49. The molecule has 12 heteroatoms. The summed E-state index contributed by atoms with van der Waals surface area (Å²) >= 11 is 1.22. The highest BCUT2D eigenvalue weighted by Crippen LogP contribution is 2.34. The van der Waals surface area contributed by atoms with Gasteiger partial charge in [-0.3, -0.25) is 9.69 Å². The highest BCUT2D eigenvalue weighted by atomic mass is 32.2. The second-order valence-electron chi connectivity index (χ2n) is 10.1. The second kappa shape index (κ2) is 11.8. The van der Waals surface area contributed by atoms with Crippen LogP contribution in [-0.4, -0.2) is 37.6 Å². The first-order valence-electron chi connectivity index (χ1n) is 13.1. The number of hydrogen-bond donors (Lipinski definition) is 1. The number of amides is 3. The lowest BCUT2D eigenvalue weighted by molar-refractivity contribution is -0.137. The number of hydrogen-bond acceptors (Lipinski definition) is 5. The predicted octanol–water partition coefficient (Wildman–Crippen LogP) is 7.11. The summed E-state index contributed by atoms with van der Waals surface area (Å²) < 4.78 is 39.9. The summed E-state index contributed by atoms with van der Waals surface area (Å²) in [5.74, 6) is 0.674. The molecule has 1 aliphatic rings. The average Bonchev–Trinajstić information content (AvgIpc) is 3.55. The quantitative estimate of drug-likeness (QED) is 0.258. The number of rotatable bonds is 6. The number of carbonyl (C=O) groups excluding carboxylic acids is 2. The van der Waals surface area contributed by atoms with E-state index < -0.39 is 17.8 Å². The molecule has 2 heterocycles. The molecule has 1 aliphatic heterocycles. The number of halogens is 3. The monoisotopic (exact) mass is 592 g/mol. The summed E-state index contributed by atoms with van der Waals surface area (Å²) in [7, 11) is 0. The largest absolute Gasteiger partial charge is 0.416 e. The van der Waals surface area contributed by atoms with Crippen LogP contribution in [0.5, 0.6) is 0 Å². The number of nitrogens with one attached hydrogen (secondary N) is 1. The van der Waals surface area contributed by atoms with Crippen LogP contribution in [0.1, 0.15) is 42.0 Å². The molecule has 0 bridgehead atoms. The predicted molar refractivity (Wildman–Crippen MR) is 158 cm³/mol. The minimum atomic E-state index is -4.38. The van der Waals surface area contributed by atoms with Gasteiger partial charge in [-0.15, -0.1) is 0 Å². The van der Waals surface area contributed by atoms with E-state index in [0.29, 0.717) is 27.8 Å². The summed E-state index contributed by atoms with van der Waals surface area (Å²) in [5, 5.41) is 7.47. The van der Waals surface area contributed by atoms with Gasteiger partial charge in [-0.25, -0.2) is 14.5 Å². The molecule has 0 spiro atoms. The summed E-state index contributed by atoms with van der Waals surface area (Å²) in [6.45, 7) is 6.31. The minimum Gasteiger partial charge on any atom is -0.306 e. The lowest BCUT2D eigenvalue weighted by Crippen LogP contribution is -2.31. The van der Waals surface area contributed by atoms with Gasteiger partial charge in [-0.05, 0) is 72.0 Å². The lowest BCUT2D eigenvalue weighted by atomic mass is 9.99. The molecule has 1 N–H and O–H groups in total. The van der Waals surface area contributed by atoms with Crippen molar-refractivity contribution in [3.63, 3.8) is 0 Å². The van der Waals surface area contributed by atoms with Gasteiger partial charge in [0.1, 0.15) is 6.33 Å². The van der Waals surface area contributed by atoms with Crippen LogP contribution in [0.25, 0.3) is 11.4 Å². The fraction of sp³-hybridized carbons (Fsp3) is 0.233. The van der Waals surface area contributed by atoms with Crippen molar-refractivity contribution in [1.29, 1.82) is 0 Å². The second-order valence-corrected chi connectivity index (χ2v) is 11.0. The van der Waals surface area contributed by atoms with Crippen LogP contribution in [0.3, 0.4) is 0 Å². The Balaban J connectivity index is 1.25. The Hall–Kier alpha value is -4.45. The number of thioether (sulfide) groups is 1. The molecule has 3 amide bonds. The zero-order valence-corrected chi connectivity index (χ0v) is 23.8. The van der Waals surface area contributed by atoms with Crippen molar-refractivity contribution >= 4 is 40.2 Å².